The molecule has 1 unspecified atom stereocenters. The third-order valence-electron chi connectivity index (χ3n) is 3.88. The summed E-state index contributed by atoms with van der Waals surface area (Å²) in [4.78, 5) is 25.1. The maximum absolute atomic E-state index is 12.5. The molecule has 0 aromatic heterocycles. The smallest absolute Gasteiger partial charge is 0.279 e. The Morgan fingerprint density at radius 2 is 1.74 bits per heavy atom. The molecule has 0 heterocycles. The molecule has 0 spiro atoms. The van der Waals surface area contributed by atoms with Crippen molar-refractivity contribution in [1.82, 2.24) is 5.32 Å². The zero-order valence-corrected chi connectivity index (χ0v) is 16.3. The van der Waals surface area contributed by atoms with E-state index < -0.39 is 0 Å². The number of para-hydroxylation sites is 1. The molecule has 3 N–H and O–H groups in total. The van der Waals surface area contributed by atoms with Gasteiger partial charge >= 0.3 is 0 Å². The highest BCUT2D eigenvalue weighted by Crippen LogP contribution is 2.31. The fourth-order valence-electron chi connectivity index (χ4n) is 2.53. The van der Waals surface area contributed by atoms with Crippen LogP contribution in [0.5, 0.6) is 11.5 Å². The van der Waals surface area contributed by atoms with Crippen LogP contribution in [-0.4, -0.2) is 38.0 Å². The van der Waals surface area contributed by atoms with Gasteiger partial charge in [-0.05, 0) is 44.2 Å². The molecule has 1 atom stereocenters. The lowest BCUT2D eigenvalue weighted by molar-refractivity contribution is -0.881. The Morgan fingerprint density at radius 1 is 1.04 bits per heavy atom. The number of likely N-dealkylation sites (N-methyl/N-ethyl adjacent to an activating group) is 2. The summed E-state index contributed by atoms with van der Waals surface area (Å²) in [7, 11) is 0. The summed E-state index contributed by atoms with van der Waals surface area (Å²) in [5.74, 6) is 0.877. The number of amides is 2. The lowest BCUT2D eigenvalue weighted by Gasteiger charge is -2.17. The molecule has 2 rings (SSSR count). The van der Waals surface area contributed by atoms with Gasteiger partial charge in [-0.15, -0.1) is 0 Å². The van der Waals surface area contributed by atoms with Crippen molar-refractivity contribution in [3.8, 4) is 11.5 Å². The summed E-state index contributed by atoms with van der Waals surface area (Å²) in [5, 5.41) is 6.08. The number of rotatable bonds is 9. The van der Waals surface area contributed by atoms with Crippen LogP contribution < -0.4 is 20.3 Å². The Kier molecular flexibility index (Phi) is 8.10. The summed E-state index contributed by atoms with van der Waals surface area (Å²) in [6.45, 7) is 5.46. The number of halogens is 1. The fourth-order valence-corrected chi connectivity index (χ4v) is 2.70. The summed E-state index contributed by atoms with van der Waals surface area (Å²) in [5.41, 5.74) is 0.491. The molecule has 2 aromatic carbocycles. The fraction of sp³-hybridized carbons (Fsp3) is 0.300. The monoisotopic (exact) mass is 390 g/mol. The number of benzene rings is 2. The predicted molar refractivity (Wildman–Crippen MR) is 107 cm³/mol. The maximum atomic E-state index is 12.5. The van der Waals surface area contributed by atoms with E-state index in [0.29, 0.717) is 35.3 Å². The van der Waals surface area contributed by atoms with Gasteiger partial charge in [-0.25, -0.2) is 0 Å². The maximum Gasteiger partial charge on any atom is 0.279 e. The molecule has 7 heteroatoms. The van der Waals surface area contributed by atoms with Crippen LogP contribution in [0.2, 0.25) is 5.02 Å². The number of carbonyl (C=O) groups is 2. The first kappa shape index (κ1) is 20.7. The van der Waals surface area contributed by atoms with Crippen molar-refractivity contribution in [3.63, 3.8) is 0 Å². The topological polar surface area (TPSA) is 71.9 Å². The van der Waals surface area contributed by atoms with Crippen LogP contribution >= 0.6 is 11.6 Å². The Morgan fingerprint density at radius 3 is 2.41 bits per heavy atom. The van der Waals surface area contributed by atoms with Gasteiger partial charge in [-0.3, -0.25) is 9.59 Å². The predicted octanol–water partition coefficient (Wildman–Crippen LogP) is 2.11. The van der Waals surface area contributed by atoms with E-state index in [9.17, 15) is 9.59 Å². The third kappa shape index (κ3) is 6.92. The number of ether oxygens (including phenoxy) is 1. The number of hydrogen-bond donors (Lipinski definition) is 3. The highest BCUT2D eigenvalue weighted by molar-refractivity contribution is 6.31. The van der Waals surface area contributed by atoms with Crippen molar-refractivity contribution in [2.24, 2.45) is 0 Å². The zero-order chi connectivity index (χ0) is 19.6. The van der Waals surface area contributed by atoms with Gasteiger partial charge in [0.15, 0.2) is 18.8 Å². The summed E-state index contributed by atoms with van der Waals surface area (Å²) in [6, 6.07) is 14.4. The van der Waals surface area contributed by atoms with Gasteiger partial charge in [-0.1, -0.05) is 29.8 Å². The molecule has 6 nitrogen and oxygen atoms in total. The molecule has 2 amide bonds. The van der Waals surface area contributed by atoms with Crippen molar-refractivity contribution in [1.29, 1.82) is 0 Å². The lowest BCUT2D eigenvalue weighted by Crippen LogP contribution is -3.14. The second-order valence-electron chi connectivity index (χ2n) is 6.01. The number of hydrogen-bond acceptors (Lipinski definition) is 3. The van der Waals surface area contributed by atoms with Crippen molar-refractivity contribution in [2.75, 3.05) is 31.5 Å². The summed E-state index contributed by atoms with van der Waals surface area (Å²) >= 11 is 6.07. The number of quaternary nitrogens is 1. The van der Waals surface area contributed by atoms with E-state index in [-0.39, 0.29) is 24.9 Å². The van der Waals surface area contributed by atoms with Crippen LogP contribution in [0.15, 0.2) is 48.5 Å². The molecule has 0 aliphatic rings. The van der Waals surface area contributed by atoms with Crippen molar-refractivity contribution < 1.29 is 19.2 Å². The molecule has 0 radical (unpaired) electrons. The van der Waals surface area contributed by atoms with E-state index in [1.165, 1.54) is 0 Å². The van der Waals surface area contributed by atoms with Gasteiger partial charge in [-0.2, -0.15) is 0 Å². The molecule has 0 saturated heterocycles. The van der Waals surface area contributed by atoms with Crippen molar-refractivity contribution >= 4 is 29.1 Å². The van der Waals surface area contributed by atoms with Crippen molar-refractivity contribution in [3.05, 3.63) is 53.6 Å². The molecule has 0 saturated carbocycles. The molecule has 0 aliphatic carbocycles. The van der Waals surface area contributed by atoms with E-state index in [4.69, 9.17) is 16.3 Å². The van der Waals surface area contributed by atoms with Crippen LogP contribution in [0.25, 0.3) is 0 Å². The molecule has 27 heavy (non-hydrogen) atoms. The van der Waals surface area contributed by atoms with Crippen LogP contribution in [0.4, 0.5) is 5.69 Å². The average Bonchev–Trinajstić information content (AvgIpc) is 2.64. The summed E-state index contributed by atoms with van der Waals surface area (Å²) < 4.78 is 5.85. The molecular formula is C20H25ClN3O3+. The average molecular weight is 391 g/mol. The van der Waals surface area contributed by atoms with Crippen LogP contribution in [0.3, 0.4) is 0 Å². The van der Waals surface area contributed by atoms with Gasteiger partial charge in [0.2, 0.25) is 0 Å². The Bertz CT molecular complexity index is 768. The van der Waals surface area contributed by atoms with Gasteiger partial charge in [0.1, 0.15) is 5.75 Å². The first-order valence-corrected chi connectivity index (χ1v) is 9.32. The van der Waals surface area contributed by atoms with E-state index in [1.54, 1.807) is 18.2 Å². The van der Waals surface area contributed by atoms with E-state index in [2.05, 4.69) is 10.6 Å². The normalized spacial score (nSPS) is 11.5. The van der Waals surface area contributed by atoms with Crippen molar-refractivity contribution in [2.45, 2.75) is 13.8 Å². The molecule has 0 bridgehead atoms. The highest BCUT2D eigenvalue weighted by atomic mass is 35.5. The van der Waals surface area contributed by atoms with Gasteiger partial charge in [0, 0.05) is 11.6 Å². The Labute approximate surface area is 164 Å². The highest BCUT2D eigenvalue weighted by Gasteiger charge is 2.18. The quantitative estimate of drug-likeness (QED) is 0.614. The van der Waals surface area contributed by atoms with E-state index >= 15 is 0 Å². The van der Waals surface area contributed by atoms with Gasteiger partial charge in [0.25, 0.3) is 11.8 Å². The molecule has 0 fully saturated rings. The Balaban J connectivity index is 2.05. The molecular weight excluding hydrogens is 366 g/mol. The second kappa shape index (κ2) is 10.5. The number of anilines is 1. The minimum absolute atomic E-state index is 0.0713. The third-order valence-corrected chi connectivity index (χ3v) is 4.12. The molecule has 0 aliphatic heterocycles. The van der Waals surface area contributed by atoms with E-state index in [1.807, 2.05) is 44.2 Å². The lowest BCUT2D eigenvalue weighted by atomic mass is 10.2. The van der Waals surface area contributed by atoms with Crippen LogP contribution in [0, 0.1) is 0 Å². The molecule has 2 aromatic rings. The largest absolute Gasteiger partial charge is 0.455 e. The Hall–Kier alpha value is -2.57. The minimum atomic E-state index is -0.212. The van der Waals surface area contributed by atoms with E-state index in [0.717, 1.165) is 4.90 Å². The SMILES string of the molecule is CCNC(=O)C[NH+](CC)CC(=O)Nc1cc(Cl)ccc1Oc1ccccc1. The minimum Gasteiger partial charge on any atom is -0.455 e. The number of carbonyl (C=O) groups excluding carboxylic acids is 2. The first-order chi connectivity index (χ1) is 13.0. The summed E-state index contributed by atoms with van der Waals surface area (Å²) in [6.07, 6.45) is 0. The van der Waals surface area contributed by atoms with Crippen LogP contribution in [0.1, 0.15) is 13.8 Å². The second-order valence-corrected chi connectivity index (χ2v) is 6.45. The standard InChI is InChI=1S/C20H24ClN3O3/c1-3-22-19(25)13-24(4-2)14-20(26)23-17-12-15(21)10-11-18(17)27-16-8-6-5-7-9-16/h5-12H,3-4,13-14H2,1-2H3,(H,22,25)(H,23,26)/p+1. The first-order valence-electron chi connectivity index (χ1n) is 8.94. The van der Waals surface area contributed by atoms with Crippen LogP contribution in [-0.2, 0) is 9.59 Å². The zero-order valence-electron chi connectivity index (χ0n) is 15.5. The van der Waals surface area contributed by atoms with Gasteiger partial charge < -0.3 is 20.3 Å². The molecule has 144 valence electrons. The number of nitrogens with one attached hydrogen (secondary N) is 3. The van der Waals surface area contributed by atoms with Gasteiger partial charge in [0.05, 0.1) is 12.2 Å².